The third-order valence-corrected chi connectivity index (χ3v) is 4.88. The normalized spacial score (nSPS) is 12.3. The number of rotatable bonds is 3. The molecule has 0 radical (unpaired) electrons. The van der Waals surface area contributed by atoms with Crippen LogP contribution in [0.3, 0.4) is 0 Å². The Morgan fingerprint density at radius 2 is 1.65 bits per heavy atom. The van der Waals surface area contributed by atoms with E-state index in [2.05, 4.69) is 0 Å². The van der Waals surface area contributed by atoms with Crippen molar-refractivity contribution in [3.05, 3.63) is 71.4 Å². The number of nitrogens with zero attached hydrogens (tertiary/aromatic N) is 1. The molecule has 3 aromatic rings. The average Bonchev–Trinajstić information content (AvgIpc) is 3.00. The number of hydrogen-bond acceptors (Lipinski definition) is 2. The number of sulfonamides is 1. The highest BCUT2D eigenvalue weighted by molar-refractivity contribution is 7.89. The smallest absolute Gasteiger partial charge is 0.316 e. The van der Waals surface area contributed by atoms with E-state index in [1.807, 2.05) is 0 Å². The van der Waals surface area contributed by atoms with Gasteiger partial charge >= 0.3 is 6.18 Å². The lowest BCUT2D eigenvalue weighted by Gasteiger charge is -2.10. The van der Waals surface area contributed by atoms with Gasteiger partial charge < -0.3 is 4.57 Å². The van der Waals surface area contributed by atoms with Crippen molar-refractivity contribution in [3.63, 3.8) is 0 Å². The number of nitrogens with two attached hydrogens (primary N) is 1. The molecule has 0 unspecified atom stereocenters. The summed E-state index contributed by atoms with van der Waals surface area (Å²) in [5.41, 5.74) is 0.276. The van der Waals surface area contributed by atoms with Crippen LogP contribution in [0.25, 0.3) is 16.9 Å². The molecular weight excluding hydrogens is 389 g/mol. The summed E-state index contributed by atoms with van der Waals surface area (Å²) in [7, 11) is -3.89. The lowest BCUT2D eigenvalue weighted by Crippen LogP contribution is -2.12. The zero-order valence-electron chi connectivity index (χ0n) is 13.0. The maximum atomic E-state index is 13.2. The third-order valence-electron chi connectivity index (χ3n) is 3.71. The molecule has 0 aliphatic rings. The maximum absolute atomic E-state index is 13.2. The van der Waals surface area contributed by atoms with E-state index in [9.17, 15) is 21.6 Å². The van der Waals surface area contributed by atoms with Crippen molar-refractivity contribution in [2.24, 2.45) is 5.14 Å². The van der Waals surface area contributed by atoms with Gasteiger partial charge in [-0.1, -0.05) is 23.7 Å². The standard InChI is InChI=1S/C17H12ClF3N2O2S/c18-13-3-1-2-11(8-13)16-9-12(17(19,20)21)10-23(16)14-4-6-15(7-5-14)26(22,24)25/h1-10H,(H2,22,24,25). The molecule has 0 aliphatic heterocycles. The van der Waals surface area contributed by atoms with Crippen LogP contribution in [0.4, 0.5) is 13.2 Å². The van der Waals surface area contributed by atoms with Crippen molar-refractivity contribution in [2.75, 3.05) is 0 Å². The second-order valence-corrected chi connectivity index (χ2v) is 7.53. The van der Waals surface area contributed by atoms with Gasteiger partial charge in [-0.05, 0) is 48.0 Å². The van der Waals surface area contributed by atoms with Crippen LogP contribution in [0, 0.1) is 0 Å². The molecule has 4 nitrogen and oxygen atoms in total. The van der Waals surface area contributed by atoms with Gasteiger partial charge in [-0.2, -0.15) is 13.2 Å². The molecule has 3 rings (SSSR count). The fourth-order valence-electron chi connectivity index (χ4n) is 2.50. The van der Waals surface area contributed by atoms with E-state index < -0.39 is 21.8 Å². The van der Waals surface area contributed by atoms with Gasteiger partial charge in [0.05, 0.1) is 16.2 Å². The second-order valence-electron chi connectivity index (χ2n) is 5.53. The summed E-state index contributed by atoms with van der Waals surface area (Å²) in [4.78, 5) is -0.131. The van der Waals surface area contributed by atoms with E-state index in [1.54, 1.807) is 24.3 Å². The Morgan fingerprint density at radius 3 is 2.19 bits per heavy atom. The van der Waals surface area contributed by atoms with Crippen molar-refractivity contribution in [2.45, 2.75) is 11.1 Å². The van der Waals surface area contributed by atoms with Gasteiger partial charge in [-0.15, -0.1) is 0 Å². The number of primary sulfonamides is 1. The quantitative estimate of drug-likeness (QED) is 0.705. The van der Waals surface area contributed by atoms with Crippen molar-refractivity contribution in [1.82, 2.24) is 4.57 Å². The van der Waals surface area contributed by atoms with Crippen molar-refractivity contribution >= 4 is 21.6 Å². The Labute approximate surface area is 152 Å². The highest BCUT2D eigenvalue weighted by Crippen LogP contribution is 2.36. The first kappa shape index (κ1) is 18.5. The fourth-order valence-corrected chi connectivity index (χ4v) is 3.20. The zero-order valence-corrected chi connectivity index (χ0v) is 14.6. The Bertz CT molecular complexity index is 1060. The highest BCUT2D eigenvalue weighted by Gasteiger charge is 2.33. The average molecular weight is 401 g/mol. The van der Waals surface area contributed by atoms with Crippen molar-refractivity contribution in [1.29, 1.82) is 0 Å². The Kier molecular flexibility index (Phi) is 4.60. The molecule has 136 valence electrons. The van der Waals surface area contributed by atoms with Gasteiger partial charge in [0.2, 0.25) is 10.0 Å². The van der Waals surface area contributed by atoms with Gasteiger partial charge in [0.15, 0.2) is 0 Å². The first-order valence-electron chi connectivity index (χ1n) is 7.24. The highest BCUT2D eigenvalue weighted by atomic mass is 35.5. The summed E-state index contributed by atoms with van der Waals surface area (Å²) in [6, 6.07) is 12.7. The van der Waals surface area contributed by atoms with Gasteiger partial charge in [0, 0.05) is 16.9 Å². The van der Waals surface area contributed by atoms with Gasteiger partial charge in [0.25, 0.3) is 0 Å². The molecule has 0 amide bonds. The molecule has 0 atom stereocenters. The molecule has 9 heteroatoms. The second kappa shape index (κ2) is 6.46. The number of halogens is 4. The van der Waals surface area contributed by atoms with E-state index in [1.165, 1.54) is 28.8 Å². The van der Waals surface area contributed by atoms with E-state index >= 15 is 0 Å². The zero-order chi connectivity index (χ0) is 19.1. The van der Waals surface area contributed by atoms with Crippen molar-refractivity contribution in [3.8, 4) is 16.9 Å². The minimum atomic E-state index is -4.53. The summed E-state index contributed by atoms with van der Waals surface area (Å²) in [5.74, 6) is 0. The van der Waals surface area contributed by atoms with Crippen LogP contribution in [0.15, 0.2) is 65.7 Å². The molecule has 1 heterocycles. The summed E-state index contributed by atoms with van der Waals surface area (Å²) < 4.78 is 63.6. The monoisotopic (exact) mass is 400 g/mol. The SMILES string of the molecule is NS(=O)(=O)c1ccc(-n2cc(C(F)(F)F)cc2-c2cccc(Cl)c2)cc1. The lowest BCUT2D eigenvalue weighted by atomic mass is 10.1. The van der Waals surface area contributed by atoms with E-state index in [0.717, 1.165) is 12.3 Å². The molecule has 0 aliphatic carbocycles. The third kappa shape index (κ3) is 3.77. The number of hydrogen-bond donors (Lipinski definition) is 1. The Morgan fingerprint density at radius 1 is 1.00 bits per heavy atom. The maximum Gasteiger partial charge on any atom is 0.417 e. The molecule has 0 fully saturated rings. The van der Waals surface area contributed by atoms with E-state index in [4.69, 9.17) is 16.7 Å². The molecule has 0 saturated carbocycles. The van der Waals surface area contributed by atoms with Gasteiger partial charge in [0.1, 0.15) is 0 Å². The summed E-state index contributed by atoms with van der Waals surface area (Å²) in [6.45, 7) is 0. The van der Waals surface area contributed by atoms with Gasteiger partial charge in [-0.25, -0.2) is 13.6 Å². The summed E-state index contributed by atoms with van der Waals surface area (Å²) in [5, 5.41) is 5.43. The van der Waals surface area contributed by atoms with Crippen LogP contribution in [-0.2, 0) is 16.2 Å². The first-order chi connectivity index (χ1) is 12.1. The Balaban J connectivity index is 2.18. The number of benzene rings is 2. The number of aromatic nitrogens is 1. The molecule has 26 heavy (non-hydrogen) atoms. The molecule has 0 saturated heterocycles. The summed E-state index contributed by atoms with van der Waals surface area (Å²) >= 11 is 5.95. The molecule has 0 bridgehead atoms. The van der Waals surface area contributed by atoms with Crippen LogP contribution in [-0.4, -0.2) is 13.0 Å². The topological polar surface area (TPSA) is 65.1 Å². The molecule has 2 N–H and O–H groups in total. The molecule has 2 aromatic carbocycles. The van der Waals surface area contributed by atoms with Crippen molar-refractivity contribution < 1.29 is 21.6 Å². The molecular formula is C17H12ClF3N2O2S. The minimum Gasteiger partial charge on any atom is -0.316 e. The van der Waals surface area contributed by atoms with Gasteiger partial charge in [-0.3, -0.25) is 0 Å². The van der Waals surface area contributed by atoms with Crippen LogP contribution >= 0.6 is 11.6 Å². The lowest BCUT2D eigenvalue weighted by molar-refractivity contribution is -0.137. The summed E-state index contributed by atoms with van der Waals surface area (Å²) in [6.07, 6.45) is -3.58. The number of alkyl halides is 3. The minimum absolute atomic E-state index is 0.131. The van der Waals surface area contributed by atoms with Crippen LogP contribution < -0.4 is 5.14 Å². The molecule has 1 aromatic heterocycles. The molecule has 0 spiro atoms. The van der Waals surface area contributed by atoms with Crippen LogP contribution in [0.1, 0.15) is 5.56 Å². The fraction of sp³-hybridized carbons (Fsp3) is 0.0588. The predicted octanol–water partition coefficient (Wildman–Crippen LogP) is 4.46. The Hall–Kier alpha value is -2.29. The van der Waals surface area contributed by atoms with E-state index in [0.29, 0.717) is 16.3 Å². The largest absolute Gasteiger partial charge is 0.417 e. The first-order valence-corrected chi connectivity index (χ1v) is 9.17. The van der Waals surface area contributed by atoms with Crippen LogP contribution in [0.5, 0.6) is 0 Å². The van der Waals surface area contributed by atoms with Crippen LogP contribution in [0.2, 0.25) is 5.02 Å². The predicted molar refractivity (Wildman–Crippen MR) is 92.6 cm³/mol. The van der Waals surface area contributed by atoms with E-state index in [-0.39, 0.29) is 10.6 Å².